The predicted molar refractivity (Wildman–Crippen MR) is 78.1 cm³/mol. The van der Waals surface area contributed by atoms with Crippen LogP contribution in [0.1, 0.15) is 27.2 Å². The number of hydrogen-bond acceptors (Lipinski definition) is 3. The second kappa shape index (κ2) is 7.23. The smallest absolute Gasteiger partial charge is 0.416 e. The third-order valence-electron chi connectivity index (χ3n) is 3.23. The lowest BCUT2D eigenvalue weighted by atomic mass is 10.1. The highest BCUT2D eigenvalue weighted by molar-refractivity contribution is 5.87. The fourth-order valence-electron chi connectivity index (χ4n) is 2.01. The van der Waals surface area contributed by atoms with E-state index in [0.29, 0.717) is 25.2 Å². The first-order valence-electron chi connectivity index (χ1n) is 6.91. The Balaban J connectivity index is 1.82. The van der Waals surface area contributed by atoms with E-state index in [4.69, 9.17) is 5.11 Å². The number of nitrogens with one attached hydrogen (secondary N) is 1. The number of pyridine rings is 1. The van der Waals surface area contributed by atoms with Crippen molar-refractivity contribution in [3.63, 3.8) is 0 Å². The SMILES string of the molecule is O=C(O)c1ccc(CNCCc2cc(C(F)(F)F)ccn2)cc1. The van der Waals surface area contributed by atoms with Gasteiger partial charge in [0.1, 0.15) is 0 Å². The second-order valence-corrected chi connectivity index (χ2v) is 4.96. The van der Waals surface area contributed by atoms with Crippen molar-refractivity contribution in [2.75, 3.05) is 6.54 Å². The van der Waals surface area contributed by atoms with Crippen molar-refractivity contribution in [1.82, 2.24) is 10.3 Å². The highest BCUT2D eigenvalue weighted by Crippen LogP contribution is 2.28. The molecule has 0 atom stereocenters. The first kappa shape index (κ1) is 17.0. The van der Waals surface area contributed by atoms with Crippen molar-refractivity contribution in [3.8, 4) is 0 Å². The van der Waals surface area contributed by atoms with Crippen LogP contribution in [0.5, 0.6) is 0 Å². The average molecular weight is 324 g/mol. The summed E-state index contributed by atoms with van der Waals surface area (Å²) >= 11 is 0. The van der Waals surface area contributed by atoms with Gasteiger partial charge in [-0.2, -0.15) is 13.2 Å². The van der Waals surface area contributed by atoms with E-state index < -0.39 is 17.7 Å². The zero-order chi connectivity index (χ0) is 16.9. The van der Waals surface area contributed by atoms with E-state index in [1.54, 1.807) is 12.1 Å². The van der Waals surface area contributed by atoms with E-state index in [9.17, 15) is 18.0 Å². The second-order valence-electron chi connectivity index (χ2n) is 4.96. The number of nitrogens with zero attached hydrogens (tertiary/aromatic N) is 1. The molecule has 4 nitrogen and oxygen atoms in total. The van der Waals surface area contributed by atoms with E-state index in [2.05, 4.69) is 10.3 Å². The van der Waals surface area contributed by atoms with E-state index in [1.165, 1.54) is 12.1 Å². The molecule has 1 aromatic heterocycles. The van der Waals surface area contributed by atoms with Crippen LogP contribution in [0.3, 0.4) is 0 Å². The quantitative estimate of drug-likeness (QED) is 0.802. The van der Waals surface area contributed by atoms with Crippen LogP contribution in [0, 0.1) is 0 Å². The number of hydrogen-bond donors (Lipinski definition) is 2. The maximum Gasteiger partial charge on any atom is 0.416 e. The molecule has 2 aromatic rings. The molecule has 0 radical (unpaired) electrons. The van der Waals surface area contributed by atoms with Gasteiger partial charge in [0.25, 0.3) is 0 Å². The molecule has 0 fully saturated rings. The highest BCUT2D eigenvalue weighted by Gasteiger charge is 2.30. The summed E-state index contributed by atoms with van der Waals surface area (Å²) in [5.41, 5.74) is 0.772. The fourth-order valence-corrected chi connectivity index (χ4v) is 2.01. The molecule has 23 heavy (non-hydrogen) atoms. The number of aromatic carboxylic acids is 1. The van der Waals surface area contributed by atoms with Crippen molar-refractivity contribution in [1.29, 1.82) is 0 Å². The van der Waals surface area contributed by atoms with Crippen molar-refractivity contribution >= 4 is 5.97 Å². The third kappa shape index (κ3) is 5.07. The molecule has 0 aliphatic carbocycles. The topological polar surface area (TPSA) is 62.2 Å². The van der Waals surface area contributed by atoms with Crippen molar-refractivity contribution in [3.05, 3.63) is 65.0 Å². The van der Waals surface area contributed by atoms with Crippen LogP contribution >= 0.6 is 0 Å². The van der Waals surface area contributed by atoms with Gasteiger partial charge in [-0.15, -0.1) is 0 Å². The lowest BCUT2D eigenvalue weighted by molar-refractivity contribution is -0.137. The van der Waals surface area contributed by atoms with Crippen molar-refractivity contribution in [2.24, 2.45) is 0 Å². The monoisotopic (exact) mass is 324 g/mol. The molecular weight excluding hydrogens is 309 g/mol. The standard InChI is InChI=1S/C16H15F3N2O2/c17-16(18,19)13-5-8-21-14(9-13)6-7-20-10-11-1-3-12(4-2-11)15(22)23/h1-5,8-9,20H,6-7,10H2,(H,22,23). The normalized spacial score (nSPS) is 11.4. The van der Waals surface area contributed by atoms with Crippen LogP contribution in [0.2, 0.25) is 0 Å². The molecule has 0 unspecified atom stereocenters. The molecule has 2 N–H and O–H groups in total. The minimum atomic E-state index is -4.36. The Morgan fingerprint density at radius 1 is 1.17 bits per heavy atom. The van der Waals surface area contributed by atoms with E-state index >= 15 is 0 Å². The molecular formula is C16H15F3N2O2. The van der Waals surface area contributed by atoms with E-state index in [0.717, 1.165) is 23.9 Å². The lowest BCUT2D eigenvalue weighted by Crippen LogP contribution is -2.17. The molecule has 0 bridgehead atoms. The van der Waals surface area contributed by atoms with Gasteiger partial charge >= 0.3 is 12.1 Å². The summed E-state index contributed by atoms with van der Waals surface area (Å²) in [6, 6.07) is 8.39. The molecule has 122 valence electrons. The number of carboxylic acids is 1. The molecule has 2 rings (SSSR count). The molecule has 1 heterocycles. The van der Waals surface area contributed by atoms with Gasteiger partial charge < -0.3 is 10.4 Å². The maximum absolute atomic E-state index is 12.6. The average Bonchev–Trinajstić information content (AvgIpc) is 2.51. The number of halogens is 3. The van der Waals surface area contributed by atoms with E-state index in [1.807, 2.05) is 0 Å². The number of carbonyl (C=O) groups is 1. The lowest BCUT2D eigenvalue weighted by Gasteiger charge is -2.09. The fraction of sp³-hybridized carbons (Fsp3) is 0.250. The molecule has 1 aromatic carbocycles. The first-order valence-corrected chi connectivity index (χ1v) is 6.91. The summed E-state index contributed by atoms with van der Waals surface area (Å²) in [6.45, 7) is 0.966. The largest absolute Gasteiger partial charge is 0.478 e. The van der Waals surface area contributed by atoms with Crippen LogP contribution < -0.4 is 5.32 Å². The van der Waals surface area contributed by atoms with Gasteiger partial charge in [-0.1, -0.05) is 12.1 Å². The number of rotatable bonds is 6. The molecule has 0 saturated carbocycles. The van der Waals surface area contributed by atoms with E-state index in [-0.39, 0.29) is 5.56 Å². The van der Waals surface area contributed by atoms with Crippen LogP contribution in [-0.2, 0) is 19.1 Å². The number of aromatic nitrogens is 1. The summed E-state index contributed by atoms with van der Waals surface area (Å²) in [4.78, 5) is 14.6. The van der Waals surface area contributed by atoms with Crippen molar-refractivity contribution in [2.45, 2.75) is 19.1 Å². The minimum absolute atomic E-state index is 0.210. The van der Waals surface area contributed by atoms with Crippen molar-refractivity contribution < 1.29 is 23.1 Å². The predicted octanol–water partition coefficient (Wildman–Crippen LogP) is 3.13. The third-order valence-corrected chi connectivity index (χ3v) is 3.23. The molecule has 0 amide bonds. The first-order chi connectivity index (χ1) is 10.9. The van der Waals surface area contributed by atoms with Crippen LogP contribution in [0.15, 0.2) is 42.6 Å². The van der Waals surface area contributed by atoms with Gasteiger partial charge in [-0.05, 0) is 29.8 Å². The van der Waals surface area contributed by atoms with Crippen LogP contribution in [0.4, 0.5) is 13.2 Å². The summed E-state index contributed by atoms with van der Waals surface area (Å²) in [5.74, 6) is -0.986. The van der Waals surface area contributed by atoms with Gasteiger partial charge in [-0.3, -0.25) is 4.98 Å². The van der Waals surface area contributed by atoms with Gasteiger partial charge in [0, 0.05) is 31.4 Å². The number of alkyl halides is 3. The summed E-state index contributed by atoms with van der Waals surface area (Å²) in [5, 5.41) is 11.9. The Hall–Kier alpha value is -2.41. The van der Waals surface area contributed by atoms with Gasteiger partial charge in [0.2, 0.25) is 0 Å². The van der Waals surface area contributed by atoms with Gasteiger partial charge in [0.05, 0.1) is 11.1 Å². The summed E-state index contributed by atoms with van der Waals surface area (Å²) in [6.07, 6.45) is -2.84. The Labute approximate surface area is 131 Å². The maximum atomic E-state index is 12.6. The molecule has 0 spiro atoms. The Bertz CT molecular complexity index is 670. The Morgan fingerprint density at radius 3 is 2.48 bits per heavy atom. The summed E-state index contributed by atoms with van der Waals surface area (Å²) in [7, 11) is 0. The molecule has 0 aliphatic rings. The molecule has 0 saturated heterocycles. The molecule has 0 aliphatic heterocycles. The Morgan fingerprint density at radius 2 is 1.87 bits per heavy atom. The number of carboxylic acid groups (broad SMARTS) is 1. The van der Waals surface area contributed by atoms with Crippen LogP contribution in [-0.4, -0.2) is 22.6 Å². The van der Waals surface area contributed by atoms with Crippen LogP contribution in [0.25, 0.3) is 0 Å². The highest BCUT2D eigenvalue weighted by atomic mass is 19.4. The summed E-state index contributed by atoms with van der Waals surface area (Å²) < 4.78 is 37.7. The zero-order valence-electron chi connectivity index (χ0n) is 12.1. The minimum Gasteiger partial charge on any atom is -0.478 e. The van der Waals surface area contributed by atoms with Gasteiger partial charge in [0.15, 0.2) is 0 Å². The Kier molecular flexibility index (Phi) is 5.33. The van der Waals surface area contributed by atoms with Gasteiger partial charge in [-0.25, -0.2) is 4.79 Å². The zero-order valence-corrected chi connectivity index (χ0v) is 12.1. The molecule has 7 heteroatoms. The number of benzene rings is 1.